The third-order valence-corrected chi connectivity index (χ3v) is 11.7. The predicted molar refractivity (Wildman–Crippen MR) is 127 cm³/mol. The number of hydrogen-bond donors (Lipinski definition) is 0. The zero-order chi connectivity index (χ0) is 20.8. The summed E-state index contributed by atoms with van der Waals surface area (Å²) in [4.78, 5) is 0. The predicted octanol–water partition coefficient (Wildman–Crippen LogP) is 9.13. The van der Waals surface area contributed by atoms with E-state index in [0.717, 1.165) is 47.3 Å². The van der Waals surface area contributed by atoms with Gasteiger partial charge in [-0.25, -0.2) is 0 Å². The molecular formula is C29H52. The molecule has 0 amide bonds. The van der Waals surface area contributed by atoms with Crippen LogP contribution in [0, 0.1) is 58.2 Å². The van der Waals surface area contributed by atoms with E-state index < -0.39 is 0 Å². The van der Waals surface area contributed by atoms with Crippen molar-refractivity contribution in [2.24, 2.45) is 58.2 Å². The molecule has 0 spiro atoms. The minimum atomic E-state index is 0.683. The fourth-order valence-electron chi connectivity index (χ4n) is 9.78. The first kappa shape index (κ1) is 22.2. The fourth-order valence-corrected chi connectivity index (χ4v) is 9.78. The lowest BCUT2D eigenvalue weighted by molar-refractivity contribution is -0.108. The van der Waals surface area contributed by atoms with Gasteiger partial charge in [-0.1, -0.05) is 67.2 Å². The van der Waals surface area contributed by atoms with Gasteiger partial charge in [0.05, 0.1) is 0 Å². The molecule has 0 saturated heterocycles. The Morgan fingerprint density at radius 2 is 1.55 bits per heavy atom. The topological polar surface area (TPSA) is 0 Å². The lowest BCUT2D eigenvalue weighted by Crippen LogP contribution is -2.52. The molecule has 168 valence electrons. The van der Waals surface area contributed by atoms with Crippen molar-refractivity contribution in [1.82, 2.24) is 0 Å². The van der Waals surface area contributed by atoms with Crippen molar-refractivity contribution >= 4 is 0 Å². The van der Waals surface area contributed by atoms with Gasteiger partial charge in [-0.3, -0.25) is 0 Å². The van der Waals surface area contributed by atoms with Gasteiger partial charge in [0.15, 0.2) is 0 Å². The van der Waals surface area contributed by atoms with Crippen molar-refractivity contribution in [1.29, 1.82) is 0 Å². The normalized spacial score (nSPS) is 46.7. The van der Waals surface area contributed by atoms with Gasteiger partial charge in [0.2, 0.25) is 0 Å². The number of hydrogen-bond acceptors (Lipinski definition) is 0. The SMILES string of the molecule is CC[C@H](CC[C@H](C)[C@H]1CC[C@@]2(C)[C@@H]1CC[C@H]1[C@@H]3CCCC[C@@]3(C)CC[C@@H]12)C(C)C. The van der Waals surface area contributed by atoms with E-state index in [-0.39, 0.29) is 0 Å². The summed E-state index contributed by atoms with van der Waals surface area (Å²) in [5.41, 5.74) is 1.39. The van der Waals surface area contributed by atoms with Crippen molar-refractivity contribution in [3.63, 3.8) is 0 Å². The van der Waals surface area contributed by atoms with Crippen LogP contribution in [0.4, 0.5) is 0 Å². The monoisotopic (exact) mass is 400 g/mol. The lowest BCUT2D eigenvalue weighted by atomic mass is 9.45. The first-order chi connectivity index (χ1) is 13.8. The maximum atomic E-state index is 2.77. The van der Waals surface area contributed by atoms with Crippen molar-refractivity contribution in [3.05, 3.63) is 0 Å². The van der Waals surface area contributed by atoms with Crippen LogP contribution in [-0.2, 0) is 0 Å². The molecule has 4 aliphatic rings. The summed E-state index contributed by atoms with van der Waals surface area (Å²) >= 11 is 0. The first-order valence-corrected chi connectivity index (χ1v) is 13.8. The quantitative estimate of drug-likeness (QED) is 0.417. The second-order valence-electron chi connectivity index (χ2n) is 13.2. The maximum absolute atomic E-state index is 2.77. The average molecular weight is 401 g/mol. The molecule has 0 aromatic heterocycles. The molecule has 4 rings (SSSR count). The van der Waals surface area contributed by atoms with E-state index in [1.807, 2.05) is 0 Å². The largest absolute Gasteiger partial charge is 0.0651 e. The molecule has 0 N–H and O–H groups in total. The molecule has 0 radical (unpaired) electrons. The summed E-state index contributed by atoms with van der Waals surface area (Å²) in [5.74, 6) is 8.06. The fraction of sp³-hybridized carbons (Fsp3) is 1.00. The third-order valence-electron chi connectivity index (χ3n) is 11.7. The first-order valence-electron chi connectivity index (χ1n) is 13.8. The second-order valence-corrected chi connectivity index (χ2v) is 13.2. The van der Waals surface area contributed by atoms with E-state index in [4.69, 9.17) is 0 Å². The summed E-state index contributed by atoms with van der Waals surface area (Å²) in [6.07, 6.45) is 19.8. The average Bonchev–Trinajstić information content (AvgIpc) is 3.04. The van der Waals surface area contributed by atoms with Gasteiger partial charge in [0.1, 0.15) is 0 Å². The van der Waals surface area contributed by atoms with Gasteiger partial charge in [-0.05, 0) is 116 Å². The molecular weight excluding hydrogens is 348 g/mol. The molecule has 0 unspecified atom stereocenters. The van der Waals surface area contributed by atoms with Gasteiger partial charge in [0.25, 0.3) is 0 Å². The highest BCUT2D eigenvalue weighted by atomic mass is 14.6. The van der Waals surface area contributed by atoms with Crippen LogP contribution in [0.2, 0.25) is 0 Å². The van der Waals surface area contributed by atoms with Gasteiger partial charge in [-0.15, -0.1) is 0 Å². The van der Waals surface area contributed by atoms with Crippen LogP contribution in [0.25, 0.3) is 0 Å². The van der Waals surface area contributed by atoms with Gasteiger partial charge < -0.3 is 0 Å². The van der Waals surface area contributed by atoms with Crippen molar-refractivity contribution in [2.45, 2.75) is 125 Å². The minimum absolute atomic E-state index is 0.683. The Hall–Kier alpha value is 0. The molecule has 0 aromatic rings. The molecule has 0 aromatic carbocycles. The molecule has 4 fully saturated rings. The molecule has 0 bridgehead atoms. The highest BCUT2D eigenvalue weighted by Crippen LogP contribution is 2.68. The standard InChI is InChI=1S/C29H52/c1-7-22(20(2)3)12-11-21(4)23-15-19-29(6)26(23)14-13-24-25-10-8-9-17-28(25,5)18-16-27(24)29/h20-27H,7-19H2,1-6H3/t21-,22+,23+,24-,25-,26+,27-,28-,29-/m0/s1. The minimum Gasteiger partial charge on any atom is -0.0651 e. The van der Waals surface area contributed by atoms with E-state index in [1.165, 1.54) is 38.5 Å². The molecule has 0 aliphatic heterocycles. The number of rotatable bonds is 6. The van der Waals surface area contributed by atoms with Crippen molar-refractivity contribution in [2.75, 3.05) is 0 Å². The Kier molecular flexibility index (Phi) is 6.51. The molecule has 0 heteroatoms. The summed E-state index contributed by atoms with van der Waals surface area (Å²) in [6, 6.07) is 0. The van der Waals surface area contributed by atoms with E-state index in [9.17, 15) is 0 Å². The molecule has 0 nitrogen and oxygen atoms in total. The lowest BCUT2D eigenvalue weighted by Gasteiger charge is -2.60. The Morgan fingerprint density at radius 1 is 0.759 bits per heavy atom. The van der Waals surface area contributed by atoms with Crippen molar-refractivity contribution in [3.8, 4) is 0 Å². The Morgan fingerprint density at radius 3 is 2.28 bits per heavy atom. The summed E-state index contributed by atoms with van der Waals surface area (Å²) in [6.45, 7) is 15.4. The third kappa shape index (κ3) is 3.86. The zero-order valence-corrected chi connectivity index (χ0v) is 20.8. The van der Waals surface area contributed by atoms with Crippen LogP contribution < -0.4 is 0 Å². The van der Waals surface area contributed by atoms with Crippen LogP contribution in [-0.4, -0.2) is 0 Å². The Labute approximate surface area is 183 Å². The summed E-state index contributed by atoms with van der Waals surface area (Å²) < 4.78 is 0. The Bertz CT molecular complexity index is 548. The van der Waals surface area contributed by atoms with Crippen LogP contribution in [0.3, 0.4) is 0 Å². The van der Waals surface area contributed by atoms with Crippen LogP contribution in [0.15, 0.2) is 0 Å². The second kappa shape index (κ2) is 8.50. The van der Waals surface area contributed by atoms with Gasteiger partial charge >= 0.3 is 0 Å². The highest BCUT2D eigenvalue weighted by Gasteiger charge is 2.59. The summed E-state index contributed by atoms with van der Waals surface area (Å²) in [5, 5.41) is 0. The molecule has 29 heavy (non-hydrogen) atoms. The van der Waals surface area contributed by atoms with Crippen LogP contribution in [0.1, 0.15) is 125 Å². The molecule has 9 atom stereocenters. The smallest absolute Gasteiger partial charge is 0.0264 e. The van der Waals surface area contributed by atoms with Crippen molar-refractivity contribution < 1.29 is 0 Å². The van der Waals surface area contributed by atoms with E-state index in [1.54, 1.807) is 44.9 Å². The molecule has 4 saturated carbocycles. The Balaban J connectivity index is 1.44. The van der Waals surface area contributed by atoms with Gasteiger partial charge in [0, 0.05) is 0 Å². The molecule has 0 heterocycles. The highest BCUT2D eigenvalue weighted by molar-refractivity contribution is 5.08. The molecule has 4 aliphatic carbocycles. The summed E-state index contributed by atoms with van der Waals surface area (Å²) in [7, 11) is 0. The maximum Gasteiger partial charge on any atom is -0.0264 e. The van der Waals surface area contributed by atoms with Crippen LogP contribution in [0.5, 0.6) is 0 Å². The van der Waals surface area contributed by atoms with E-state index in [2.05, 4.69) is 41.5 Å². The van der Waals surface area contributed by atoms with Crippen LogP contribution >= 0.6 is 0 Å². The number of fused-ring (bicyclic) bond motifs is 5. The van der Waals surface area contributed by atoms with E-state index in [0.29, 0.717) is 10.8 Å². The van der Waals surface area contributed by atoms with Gasteiger partial charge in [-0.2, -0.15) is 0 Å². The van der Waals surface area contributed by atoms with E-state index >= 15 is 0 Å². The zero-order valence-electron chi connectivity index (χ0n) is 20.8.